The SMILES string of the molecule is Cc1ccc(N)c(-c2nc(C3CCOC3)no2)c1. The quantitative estimate of drug-likeness (QED) is 0.820. The molecule has 1 unspecified atom stereocenters. The van der Waals surface area contributed by atoms with Crippen LogP contribution >= 0.6 is 0 Å². The van der Waals surface area contributed by atoms with Gasteiger partial charge in [-0.1, -0.05) is 16.8 Å². The number of nitrogens with two attached hydrogens (primary N) is 1. The largest absolute Gasteiger partial charge is 0.398 e. The Balaban J connectivity index is 1.94. The zero-order valence-electron chi connectivity index (χ0n) is 10.2. The lowest BCUT2D eigenvalue weighted by Crippen LogP contribution is -1.99. The van der Waals surface area contributed by atoms with Crippen LogP contribution in [0.5, 0.6) is 0 Å². The fourth-order valence-corrected chi connectivity index (χ4v) is 2.10. The maximum atomic E-state index is 5.93. The van der Waals surface area contributed by atoms with Crippen LogP contribution in [-0.4, -0.2) is 23.4 Å². The second-order valence-electron chi connectivity index (χ2n) is 4.61. The molecule has 1 saturated heterocycles. The van der Waals surface area contributed by atoms with Crippen molar-refractivity contribution in [3.05, 3.63) is 29.6 Å². The second kappa shape index (κ2) is 4.42. The van der Waals surface area contributed by atoms with Crippen molar-refractivity contribution in [1.29, 1.82) is 0 Å². The zero-order chi connectivity index (χ0) is 12.5. The van der Waals surface area contributed by atoms with E-state index in [1.54, 1.807) is 0 Å². The molecule has 1 aliphatic heterocycles. The van der Waals surface area contributed by atoms with Gasteiger partial charge in [-0.25, -0.2) is 0 Å². The summed E-state index contributed by atoms with van der Waals surface area (Å²) in [7, 11) is 0. The number of anilines is 1. The molecule has 2 aromatic rings. The summed E-state index contributed by atoms with van der Waals surface area (Å²) in [5.74, 6) is 1.44. The van der Waals surface area contributed by atoms with Crippen molar-refractivity contribution in [3.63, 3.8) is 0 Å². The number of aryl methyl sites for hydroxylation is 1. The molecule has 1 fully saturated rings. The fraction of sp³-hybridized carbons (Fsp3) is 0.385. The molecule has 2 N–H and O–H groups in total. The third-order valence-corrected chi connectivity index (χ3v) is 3.18. The van der Waals surface area contributed by atoms with Crippen LogP contribution in [0, 0.1) is 6.92 Å². The van der Waals surface area contributed by atoms with Crippen LogP contribution in [0.3, 0.4) is 0 Å². The Morgan fingerprint density at radius 3 is 3.06 bits per heavy atom. The van der Waals surface area contributed by atoms with Gasteiger partial charge in [-0.15, -0.1) is 0 Å². The Morgan fingerprint density at radius 1 is 1.39 bits per heavy atom. The lowest BCUT2D eigenvalue weighted by atomic mass is 10.1. The number of nitrogen functional groups attached to an aromatic ring is 1. The van der Waals surface area contributed by atoms with E-state index in [-0.39, 0.29) is 5.92 Å². The van der Waals surface area contributed by atoms with Gasteiger partial charge in [-0.05, 0) is 25.5 Å². The van der Waals surface area contributed by atoms with E-state index in [0.717, 1.165) is 24.2 Å². The molecule has 0 spiro atoms. The van der Waals surface area contributed by atoms with Gasteiger partial charge in [0, 0.05) is 18.2 Å². The van der Waals surface area contributed by atoms with Crippen molar-refractivity contribution in [1.82, 2.24) is 10.1 Å². The first-order valence-electron chi connectivity index (χ1n) is 6.02. The highest BCUT2D eigenvalue weighted by Crippen LogP contribution is 2.28. The molecule has 94 valence electrons. The predicted molar refractivity (Wildman–Crippen MR) is 67.1 cm³/mol. The average Bonchev–Trinajstić information content (AvgIpc) is 3.00. The van der Waals surface area contributed by atoms with Crippen LogP contribution < -0.4 is 5.73 Å². The van der Waals surface area contributed by atoms with Gasteiger partial charge in [0.1, 0.15) is 0 Å². The van der Waals surface area contributed by atoms with Gasteiger partial charge in [0.15, 0.2) is 5.82 Å². The van der Waals surface area contributed by atoms with Crippen molar-refractivity contribution in [3.8, 4) is 11.5 Å². The van der Waals surface area contributed by atoms with Crippen LogP contribution in [0.4, 0.5) is 5.69 Å². The highest BCUT2D eigenvalue weighted by atomic mass is 16.5. The zero-order valence-corrected chi connectivity index (χ0v) is 10.2. The van der Waals surface area contributed by atoms with Crippen molar-refractivity contribution >= 4 is 5.69 Å². The summed E-state index contributed by atoms with van der Waals surface area (Å²) in [6.45, 7) is 3.44. The average molecular weight is 245 g/mol. The Labute approximate surface area is 105 Å². The van der Waals surface area contributed by atoms with Crippen LogP contribution in [-0.2, 0) is 4.74 Å². The Kier molecular flexibility index (Phi) is 2.76. The van der Waals surface area contributed by atoms with E-state index in [9.17, 15) is 0 Å². The minimum absolute atomic E-state index is 0.244. The molecule has 1 aromatic heterocycles. The van der Waals surface area contributed by atoms with E-state index in [1.807, 2.05) is 25.1 Å². The monoisotopic (exact) mass is 245 g/mol. The van der Waals surface area contributed by atoms with E-state index in [2.05, 4.69) is 10.1 Å². The lowest BCUT2D eigenvalue weighted by Gasteiger charge is -2.01. The van der Waals surface area contributed by atoms with E-state index in [0.29, 0.717) is 24.0 Å². The molecule has 1 atom stereocenters. The van der Waals surface area contributed by atoms with Crippen LogP contribution in [0.2, 0.25) is 0 Å². The van der Waals surface area contributed by atoms with Gasteiger partial charge in [0.25, 0.3) is 5.89 Å². The minimum Gasteiger partial charge on any atom is -0.398 e. The molecule has 1 aliphatic rings. The number of rotatable bonds is 2. The standard InChI is InChI=1S/C13H15N3O2/c1-8-2-3-11(14)10(6-8)13-15-12(16-18-13)9-4-5-17-7-9/h2-3,6,9H,4-5,7,14H2,1H3. The summed E-state index contributed by atoms with van der Waals surface area (Å²) in [6, 6.07) is 5.77. The Bertz CT molecular complexity index is 559. The van der Waals surface area contributed by atoms with Crippen LogP contribution in [0.25, 0.3) is 11.5 Å². The first-order valence-corrected chi connectivity index (χ1v) is 6.02. The maximum absolute atomic E-state index is 5.93. The first kappa shape index (κ1) is 11.2. The van der Waals surface area contributed by atoms with E-state index >= 15 is 0 Å². The molecule has 3 rings (SSSR count). The number of ether oxygens (including phenoxy) is 1. The van der Waals surface area contributed by atoms with Gasteiger partial charge < -0.3 is 15.0 Å². The van der Waals surface area contributed by atoms with Crippen LogP contribution in [0.15, 0.2) is 22.7 Å². The summed E-state index contributed by atoms with van der Waals surface area (Å²) in [5, 5.41) is 4.02. The van der Waals surface area contributed by atoms with Gasteiger partial charge in [0.2, 0.25) is 0 Å². The molecule has 18 heavy (non-hydrogen) atoms. The number of hydrogen-bond donors (Lipinski definition) is 1. The lowest BCUT2D eigenvalue weighted by molar-refractivity contribution is 0.192. The molecular weight excluding hydrogens is 230 g/mol. The highest BCUT2D eigenvalue weighted by Gasteiger charge is 2.23. The fourth-order valence-electron chi connectivity index (χ4n) is 2.10. The summed E-state index contributed by atoms with van der Waals surface area (Å²) in [4.78, 5) is 4.43. The predicted octanol–water partition coefficient (Wildman–Crippen LogP) is 2.13. The molecular formula is C13H15N3O2. The topological polar surface area (TPSA) is 74.2 Å². The van der Waals surface area contributed by atoms with E-state index < -0.39 is 0 Å². The Hall–Kier alpha value is -1.88. The molecule has 5 heteroatoms. The van der Waals surface area contributed by atoms with Crippen molar-refractivity contribution in [2.45, 2.75) is 19.3 Å². The third kappa shape index (κ3) is 1.97. The van der Waals surface area contributed by atoms with Gasteiger partial charge in [0.05, 0.1) is 12.2 Å². The molecule has 2 heterocycles. The summed E-state index contributed by atoms with van der Waals surface area (Å²) < 4.78 is 10.6. The Morgan fingerprint density at radius 2 is 2.28 bits per heavy atom. The van der Waals surface area contributed by atoms with E-state index in [4.69, 9.17) is 15.0 Å². The number of aromatic nitrogens is 2. The first-order chi connectivity index (χ1) is 8.74. The van der Waals surface area contributed by atoms with Crippen LogP contribution in [0.1, 0.15) is 23.7 Å². The normalized spacial score (nSPS) is 19.3. The third-order valence-electron chi connectivity index (χ3n) is 3.18. The van der Waals surface area contributed by atoms with Crippen molar-refractivity contribution in [2.24, 2.45) is 0 Å². The maximum Gasteiger partial charge on any atom is 0.260 e. The molecule has 0 bridgehead atoms. The van der Waals surface area contributed by atoms with E-state index in [1.165, 1.54) is 0 Å². The molecule has 0 aliphatic carbocycles. The molecule has 5 nitrogen and oxygen atoms in total. The van der Waals surface area contributed by atoms with Crippen molar-refractivity contribution < 1.29 is 9.26 Å². The second-order valence-corrected chi connectivity index (χ2v) is 4.61. The number of hydrogen-bond acceptors (Lipinski definition) is 5. The number of benzene rings is 1. The highest BCUT2D eigenvalue weighted by molar-refractivity contribution is 5.70. The van der Waals surface area contributed by atoms with Gasteiger partial charge in [-0.2, -0.15) is 4.98 Å². The smallest absolute Gasteiger partial charge is 0.260 e. The molecule has 1 aromatic carbocycles. The molecule has 0 radical (unpaired) electrons. The van der Waals surface area contributed by atoms with Gasteiger partial charge in [-0.3, -0.25) is 0 Å². The summed E-state index contributed by atoms with van der Waals surface area (Å²) >= 11 is 0. The summed E-state index contributed by atoms with van der Waals surface area (Å²) in [6.07, 6.45) is 0.947. The summed E-state index contributed by atoms with van der Waals surface area (Å²) in [5.41, 5.74) is 8.50. The van der Waals surface area contributed by atoms with Crippen molar-refractivity contribution in [2.75, 3.05) is 18.9 Å². The minimum atomic E-state index is 0.244. The molecule has 0 saturated carbocycles. The number of nitrogens with zero attached hydrogens (tertiary/aromatic N) is 2. The molecule has 0 amide bonds. The van der Waals surface area contributed by atoms with Gasteiger partial charge >= 0.3 is 0 Å².